The lowest BCUT2D eigenvalue weighted by Crippen LogP contribution is -2.24. The van der Waals surface area contributed by atoms with Crippen molar-refractivity contribution in [1.82, 2.24) is 24.2 Å². The van der Waals surface area contributed by atoms with E-state index >= 15 is 0 Å². The number of aromatic nitrogens is 4. The van der Waals surface area contributed by atoms with E-state index in [2.05, 4.69) is 28.5 Å². The highest BCUT2D eigenvalue weighted by molar-refractivity contribution is 6.02. The summed E-state index contributed by atoms with van der Waals surface area (Å²) < 4.78 is 3.08. The molecule has 0 aliphatic carbocycles. The molecule has 0 unspecified atom stereocenters. The van der Waals surface area contributed by atoms with Crippen molar-refractivity contribution < 1.29 is 4.79 Å². The summed E-state index contributed by atoms with van der Waals surface area (Å²) in [5.41, 5.74) is 12.9. The molecule has 10 nitrogen and oxygen atoms in total. The fourth-order valence-electron chi connectivity index (χ4n) is 3.80. The van der Waals surface area contributed by atoms with Crippen LogP contribution < -0.4 is 17.0 Å². The van der Waals surface area contributed by atoms with Crippen LogP contribution in [0.1, 0.15) is 28.7 Å². The molecule has 200 valence electrons. The summed E-state index contributed by atoms with van der Waals surface area (Å²) in [7, 11) is 5.56. The molecule has 1 amide bonds. The second kappa shape index (κ2) is 13.0. The van der Waals surface area contributed by atoms with E-state index < -0.39 is 5.91 Å². The Morgan fingerprint density at radius 3 is 2.51 bits per heavy atom. The first-order chi connectivity index (χ1) is 18.7. The maximum atomic E-state index is 13.3. The van der Waals surface area contributed by atoms with Gasteiger partial charge in [-0.1, -0.05) is 55.7 Å². The molecule has 0 aliphatic rings. The highest BCUT2D eigenvalue weighted by Crippen LogP contribution is 2.22. The van der Waals surface area contributed by atoms with Crippen molar-refractivity contribution in [3.63, 3.8) is 0 Å². The molecule has 4 aromatic rings. The highest BCUT2D eigenvalue weighted by atomic mass is 16.1. The molecule has 0 saturated carbocycles. The molecule has 4 N–H and O–H groups in total. The third-order valence-electron chi connectivity index (χ3n) is 5.51. The summed E-state index contributed by atoms with van der Waals surface area (Å²) in [6.07, 6.45) is 3.59. The molecule has 10 heteroatoms. The average molecular weight is 525 g/mol. The monoisotopic (exact) mass is 524 g/mol. The Bertz CT molecular complexity index is 1640. The summed E-state index contributed by atoms with van der Waals surface area (Å²) >= 11 is 0. The number of nitrogen functional groups attached to an aromatic ring is 1. The van der Waals surface area contributed by atoms with Crippen molar-refractivity contribution in [3.8, 4) is 17.5 Å². The third kappa shape index (κ3) is 6.66. The fourth-order valence-corrected chi connectivity index (χ4v) is 3.80. The topological polar surface area (TPSA) is 137 Å². The summed E-state index contributed by atoms with van der Waals surface area (Å²) in [6, 6.07) is 15.3. The quantitative estimate of drug-likeness (QED) is 0.294. The second-order valence-corrected chi connectivity index (χ2v) is 8.68. The Balaban J connectivity index is 0.000000255. The number of carbonyl (C=O) groups excluding carboxylic acids is 1. The lowest BCUT2D eigenvalue weighted by Gasteiger charge is -2.13. The van der Waals surface area contributed by atoms with Crippen molar-refractivity contribution in [3.05, 3.63) is 88.5 Å². The molecule has 0 atom stereocenters. The predicted molar refractivity (Wildman–Crippen MR) is 157 cm³/mol. The van der Waals surface area contributed by atoms with E-state index in [0.717, 1.165) is 17.1 Å². The van der Waals surface area contributed by atoms with E-state index in [1.165, 1.54) is 17.0 Å². The number of benzene rings is 2. The zero-order valence-electron chi connectivity index (χ0n) is 22.5. The number of aliphatic imine (C=N–C) groups is 1. The van der Waals surface area contributed by atoms with Crippen molar-refractivity contribution in [1.29, 1.82) is 0 Å². The smallest absolute Gasteiger partial charge is 0.267 e. The number of carbonyl (C=O) groups is 1. The summed E-state index contributed by atoms with van der Waals surface area (Å²) in [6.45, 7) is 6.11. The van der Waals surface area contributed by atoms with Crippen LogP contribution in [0.25, 0.3) is 16.6 Å². The summed E-state index contributed by atoms with van der Waals surface area (Å²) in [5, 5.41) is 4.41. The first-order valence-corrected chi connectivity index (χ1v) is 12.2. The normalized spacial score (nSPS) is 10.7. The van der Waals surface area contributed by atoms with Crippen LogP contribution in [-0.4, -0.2) is 57.0 Å². The lowest BCUT2D eigenvalue weighted by atomic mass is 10.1. The fraction of sp³-hybridized carbons (Fsp3) is 0.207. The number of aryl methyl sites for hydroxylation is 2. The van der Waals surface area contributed by atoms with Crippen LogP contribution in [0.5, 0.6) is 0 Å². The van der Waals surface area contributed by atoms with Gasteiger partial charge in [0.1, 0.15) is 11.4 Å². The van der Waals surface area contributed by atoms with Gasteiger partial charge in [0.05, 0.1) is 23.1 Å². The second-order valence-electron chi connectivity index (χ2n) is 8.68. The van der Waals surface area contributed by atoms with Crippen LogP contribution >= 0.6 is 0 Å². The number of hydrogen-bond acceptors (Lipinski definition) is 7. The first kappa shape index (κ1) is 28.6. The Labute approximate surface area is 227 Å². The Morgan fingerprint density at radius 2 is 1.90 bits per heavy atom. The molecule has 0 spiro atoms. The molecule has 0 saturated heterocycles. The summed E-state index contributed by atoms with van der Waals surface area (Å²) in [5.74, 6) is 6.75. The molecule has 0 aliphatic heterocycles. The van der Waals surface area contributed by atoms with Gasteiger partial charge >= 0.3 is 0 Å². The number of para-hydroxylation sites is 1. The molecular weight excluding hydrogens is 492 g/mol. The van der Waals surface area contributed by atoms with E-state index in [1.807, 2.05) is 74.4 Å². The van der Waals surface area contributed by atoms with E-state index in [-0.39, 0.29) is 16.9 Å². The van der Waals surface area contributed by atoms with Crippen molar-refractivity contribution >= 4 is 34.7 Å². The largest absolute Gasteiger partial charge is 0.381 e. The minimum atomic E-state index is -0.646. The van der Waals surface area contributed by atoms with E-state index in [9.17, 15) is 9.59 Å². The number of fused-ring (bicyclic) bond motifs is 1. The standard InChI is InChI=1S/C21H21N3O.C8H11N5O/c1-4-19-22-18-14-8-10-16(11-9-15-23(2)3)20(18)21(25)24(19)17-12-6-5-7-13-17;1-3-4-11-8-5(7(10)14)6(9)12-13(8)2/h5-8,10,12-14H,4,15H2,1-3H3;3-4H,1H2,2H3,(H2,9,12)(H2,10,14)/b;11-4-. The van der Waals surface area contributed by atoms with Gasteiger partial charge in [-0.15, -0.1) is 0 Å². The number of primary amides is 1. The van der Waals surface area contributed by atoms with Crippen LogP contribution in [0.3, 0.4) is 0 Å². The van der Waals surface area contributed by atoms with Gasteiger partial charge in [0, 0.05) is 25.2 Å². The molecule has 0 radical (unpaired) electrons. The summed E-state index contributed by atoms with van der Waals surface area (Å²) in [4.78, 5) is 34.9. The number of nitrogens with two attached hydrogens (primary N) is 2. The highest BCUT2D eigenvalue weighted by Gasteiger charge is 2.17. The molecule has 2 aromatic carbocycles. The van der Waals surface area contributed by atoms with E-state index in [0.29, 0.717) is 29.7 Å². The van der Waals surface area contributed by atoms with Gasteiger partial charge < -0.3 is 11.5 Å². The van der Waals surface area contributed by atoms with Gasteiger partial charge in [0.25, 0.3) is 11.5 Å². The minimum Gasteiger partial charge on any atom is -0.381 e. The zero-order valence-corrected chi connectivity index (χ0v) is 22.5. The Hall–Kier alpha value is -5.01. The van der Waals surface area contributed by atoms with Gasteiger partial charge in [-0.05, 0) is 38.4 Å². The number of rotatable bonds is 6. The van der Waals surface area contributed by atoms with Gasteiger partial charge in [0.2, 0.25) is 0 Å². The van der Waals surface area contributed by atoms with Gasteiger partial charge in [-0.2, -0.15) is 5.10 Å². The predicted octanol–water partition coefficient (Wildman–Crippen LogP) is 2.85. The molecule has 4 rings (SSSR count). The van der Waals surface area contributed by atoms with E-state index in [1.54, 1.807) is 11.6 Å². The van der Waals surface area contributed by atoms with Crippen LogP contribution in [0, 0.1) is 11.8 Å². The maximum absolute atomic E-state index is 13.3. The Kier molecular flexibility index (Phi) is 9.51. The zero-order chi connectivity index (χ0) is 28.5. The van der Waals surface area contributed by atoms with Crippen LogP contribution in [0.4, 0.5) is 11.6 Å². The van der Waals surface area contributed by atoms with Gasteiger partial charge in [-0.25, -0.2) is 14.7 Å². The van der Waals surface area contributed by atoms with Crippen molar-refractivity contribution in [2.75, 3.05) is 26.4 Å². The number of allylic oxidation sites excluding steroid dienone is 1. The van der Waals surface area contributed by atoms with Crippen LogP contribution in [0.15, 0.2) is 71.0 Å². The maximum Gasteiger partial charge on any atom is 0.267 e. The van der Waals surface area contributed by atoms with Crippen molar-refractivity contribution in [2.45, 2.75) is 13.3 Å². The molecular formula is C29H32N8O2. The third-order valence-corrected chi connectivity index (χ3v) is 5.51. The SMILES string of the molecule is C=C/C=N\c1c(C(N)=O)c(N)nn1C.CCc1nc2cccc(C#CCN(C)C)c2c(=O)n1-c1ccccc1. The number of amides is 1. The molecule has 0 bridgehead atoms. The van der Waals surface area contributed by atoms with E-state index in [4.69, 9.17) is 16.5 Å². The van der Waals surface area contributed by atoms with Crippen LogP contribution in [0.2, 0.25) is 0 Å². The molecule has 39 heavy (non-hydrogen) atoms. The number of nitrogens with zero attached hydrogens (tertiary/aromatic N) is 6. The molecule has 0 fully saturated rings. The molecule has 2 aromatic heterocycles. The lowest BCUT2D eigenvalue weighted by molar-refractivity contribution is 0.100. The molecule has 2 heterocycles. The number of hydrogen-bond donors (Lipinski definition) is 2. The minimum absolute atomic E-state index is 0.0668. The van der Waals surface area contributed by atoms with Crippen LogP contribution in [-0.2, 0) is 13.5 Å². The Morgan fingerprint density at radius 1 is 1.18 bits per heavy atom. The first-order valence-electron chi connectivity index (χ1n) is 12.2. The number of anilines is 1. The van der Waals surface area contributed by atoms with Gasteiger partial charge in [-0.3, -0.25) is 19.1 Å². The van der Waals surface area contributed by atoms with Gasteiger partial charge in [0.15, 0.2) is 11.6 Å². The average Bonchev–Trinajstić information content (AvgIpc) is 3.20. The van der Waals surface area contributed by atoms with Crippen molar-refractivity contribution in [2.24, 2.45) is 17.8 Å².